The van der Waals surface area contributed by atoms with Crippen molar-refractivity contribution < 1.29 is 33.3 Å². The maximum absolute atomic E-state index is 12.2. The number of hydrogen-bond acceptors (Lipinski definition) is 13. The van der Waals surface area contributed by atoms with Crippen LogP contribution >= 0.6 is 11.8 Å². The van der Waals surface area contributed by atoms with Gasteiger partial charge >= 0.3 is 17.9 Å². The summed E-state index contributed by atoms with van der Waals surface area (Å²) in [6.45, 7) is 3.47. The summed E-state index contributed by atoms with van der Waals surface area (Å²) in [6, 6.07) is 19.5. The number of carbonyl (C=O) groups is 3. The minimum atomic E-state index is -1.12. The van der Waals surface area contributed by atoms with Crippen molar-refractivity contribution in [1.82, 2.24) is 34.5 Å². The van der Waals surface area contributed by atoms with E-state index in [0.29, 0.717) is 27.6 Å². The van der Waals surface area contributed by atoms with Gasteiger partial charge in [-0.1, -0.05) is 77.6 Å². The van der Waals surface area contributed by atoms with Crippen LogP contribution in [0.4, 0.5) is 0 Å². The predicted molar refractivity (Wildman–Crippen MR) is 163 cm³/mol. The molecule has 0 radical (unpaired) electrons. The Hall–Kier alpha value is -5.15. The standard InChI is InChI=1S/C31H29N7O7S/c1-18(39)42-15-24-26(43-19(2)40)27(44-20(3)41)30(45-24)37-17-32-25-28(37)33-31(34-29(25)46-16-21-10-6-4-7-11-21)38-14-23(35-36-38)22-12-8-5-9-13-22/h4-14,17,24,26-27,30H,15-16H2,1-3H3/t24-,26-,27-,30-/m1/s1. The third-order valence-corrected chi connectivity index (χ3v) is 8.01. The molecule has 0 aliphatic carbocycles. The summed E-state index contributed by atoms with van der Waals surface area (Å²) in [5, 5.41) is 9.17. The van der Waals surface area contributed by atoms with Gasteiger partial charge < -0.3 is 18.9 Å². The van der Waals surface area contributed by atoms with Gasteiger partial charge in [-0.15, -0.1) is 5.10 Å². The Morgan fingerprint density at radius 1 is 0.891 bits per heavy atom. The topological polar surface area (TPSA) is 162 Å². The molecular weight excluding hydrogens is 614 g/mol. The summed E-state index contributed by atoms with van der Waals surface area (Å²) in [5.74, 6) is -0.987. The largest absolute Gasteiger partial charge is 0.463 e. The highest BCUT2D eigenvalue weighted by atomic mass is 32.2. The van der Waals surface area contributed by atoms with Gasteiger partial charge in [-0.2, -0.15) is 9.67 Å². The monoisotopic (exact) mass is 643 g/mol. The van der Waals surface area contributed by atoms with Gasteiger partial charge in [0.15, 0.2) is 24.1 Å². The van der Waals surface area contributed by atoms with Crippen molar-refractivity contribution in [2.45, 2.75) is 56.1 Å². The maximum Gasteiger partial charge on any atom is 0.303 e. The molecule has 0 spiro atoms. The minimum absolute atomic E-state index is 0.217. The fourth-order valence-corrected chi connectivity index (χ4v) is 5.94. The smallest absolute Gasteiger partial charge is 0.303 e. The maximum atomic E-state index is 12.2. The van der Waals surface area contributed by atoms with Crippen LogP contribution in [0.3, 0.4) is 0 Å². The van der Waals surface area contributed by atoms with Gasteiger partial charge in [-0.25, -0.2) is 9.97 Å². The van der Waals surface area contributed by atoms with E-state index < -0.39 is 42.4 Å². The summed E-state index contributed by atoms with van der Waals surface area (Å²) in [7, 11) is 0. The van der Waals surface area contributed by atoms with Crippen LogP contribution in [0.2, 0.25) is 0 Å². The molecule has 0 bridgehead atoms. The number of aromatic nitrogens is 7. The second kappa shape index (κ2) is 13.5. The number of nitrogens with zero attached hydrogens (tertiary/aromatic N) is 7. The highest BCUT2D eigenvalue weighted by molar-refractivity contribution is 7.98. The zero-order valence-electron chi connectivity index (χ0n) is 25.0. The zero-order valence-corrected chi connectivity index (χ0v) is 25.9. The predicted octanol–water partition coefficient (Wildman–Crippen LogP) is 3.69. The summed E-state index contributed by atoms with van der Waals surface area (Å²) < 4.78 is 25.7. The van der Waals surface area contributed by atoms with Crippen molar-refractivity contribution in [3.8, 4) is 17.2 Å². The molecule has 1 aliphatic rings. The van der Waals surface area contributed by atoms with E-state index in [1.807, 2.05) is 60.7 Å². The SMILES string of the molecule is CC(=O)OC[C@H]1O[C@@H](n2cnc3c(SCc4ccccc4)nc(-n4cc(-c5ccccc5)nn4)nc32)[C@H](OC(C)=O)[C@@H]1OC(C)=O. The molecule has 0 saturated carbocycles. The van der Waals surface area contributed by atoms with E-state index in [1.54, 1.807) is 10.8 Å². The van der Waals surface area contributed by atoms with E-state index >= 15 is 0 Å². The summed E-state index contributed by atoms with van der Waals surface area (Å²) >= 11 is 1.46. The van der Waals surface area contributed by atoms with E-state index in [9.17, 15) is 14.4 Å². The van der Waals surface area contributed by atoms with Crippen molar-refractivity contribution in [2.75, 3.05) is 6.61 Å². The molecule has 4 heterocycles. The van der Waals surface area contributed by atoms with Crippen LogP contribution in [0, 0.1) is 0 Å². The Bertz CT molecular complexity index is 1870. The van der Waals surface area contributed by atoms with Crippen molar-refractivity contribution in [1.29, 1.82) is 0 Å². The lowest BCUT2D eigenvalue weighted by atomic mass is 10.1. The van der Waals surface area contributed by atoms with Crippen LogP contribution in [-0.2, 0) is 39.1 Å². The first-order valence-electron chi connectivity index (χ1n) is 14.3. The molecule has 14 nitrogen and oxygen atoms in total. The molecule has 1 saturated heterocycles. The molecule has 1 fully saturated rings. The Kier molecular flexibility index (Phi) is 9.03. The Balaban J connectivity index is 1.44. The Morgan fingerprint density at radius 3 is 2.28 bits per heavy atom. The molecule has 2 aromatic carbocycles. The number of esters is 3. The van der Waals surface area contributed by atoms with Crippen molar-refractivity contribution in [2.24, 2.45) is 0 Å². The van der Waals surface area contributed by atoms with Crippen LogP contribution in [0.1, 0.15) is 32.6 Å². The molecule has 46 heavy (non-hydrogen) atoms. The third-order valence-electron chi connectivity index (χ3n) is 6.98. The second-order valence-electron chi connectivity index (χ2n) is 10.4. The average molecular weight is 644 g/mol. The van der Waals surface area contributed by atoms with Crippen LogP contribution in [0.5, 0.6) is 0 Å². The van der Waals surface area contributed by atoms with Crippen LogP contribution in [0.15, 0.2) is 78.2 Å². The first-order chi connectivity index (χ1) is 22.3. The van der Waals surface area contributed by atoms with E-state index in [1.165, 1.54) is 43.5 Å². The fourth-order valence-electron chi connectivity index (χ4n) is 5.01. The molecule has 0 unspecified atom stereocenters. The second-order valence-corrected chi connectivity index (χ2v) is 11.3. The quantitative estimate of drug-likeness (QED) is 0.0938. The molecule has 0 N–H and O–H groups in total. The number of ether oxygens (including phenoxy) is 4. The molecule has 3 aromatic heterocycles. The van der Waals surface area contributed by atoms with E-state index in [0.717, 1.165) is 11.1 Å². The molecule has 236 valence electrons. The number of fused-ring (bicyclic) bond motifs is 1. The van der Waals surface area contributed by atoms with Gasteiger partial charge in [-0.3, -0.25) is 19.0 Å². The van der Waals surface area contributed by atoms with E-state index in [2.05, 4.69) is 15.3 Å². The lowest BCUT2D eigenvalue weighted by molar-refractivity contribution is -0.166. The van der Waals surface area contributed by atoms with Gasteiger partial charge in [0, 0.05) is 32.1 Å². The molecule has 5 aromatic rings. The molecule has 4 atom stereocenters. The molecule has 0 amide bonds. The number of benzene rings is 2. The highest BCUT2D eigenvalue weighted by Gasteiger charge is 2.51. The Labute approximate surface area is 267 Å². The van der Waals surface area contributed by atoms with Gasteiger partial charge in [0.05, 0.1) is 12.5 Å². The zero-order chi connectivity index (χ0) is 32.2. The molecule has 6 rings (SSSR count). The van der Waals surface area contributed by atoms with Gasteiger partial charge in [0.2, 0.25) is 0 Å². The lowest BCUT2D eigenvalue weighted by Crippen LogP contribution is -2.40. The first-order valence-corrected chi connectivity index (χ1v) is 15.3. The summed E-state index contributed by atoms with van der Waals surface area (Å²) in [5.41, 5.74) is 3.39. The Morgan fingerprint density at radius 2 is 1.59 bits per heavy atom. The van der Waals surface area contributed by atoms with E-state index in [-0.39, 0.29) is 12.6 Å². The average Bonchev–Trinajstić information content (AvgIpc) is 3.78. The number of rotatable bonds is 10. The van der Waals surface area contributed by atoms with Crippen LogP contribution < -0.4 is 0 Å². The molecule has 1 aliphatic heterocycles. The van der Waals surface area contributed by atoms with Crippen molar-refractivity contribution >= 4 is 40.8 Å². The molecule has 15 heteroatoms. The number of carbonyl (C=O) groups excluding carboxylic acids is 3. The third kappa shape index (κ3) is 6.74. The number of thioether (sulfide) groups is 1. The lowest BCUT2D eigenvalue weighted by Gasteiger charge is -2.23. The highest BCUT2D eigenvalue weighted by Crippen LogP contribution is 2.37. The van der Waals surface area contributed by atoms with Gasteiger partial charge in [-0.05, 0) is 5.56 Å². The van der Waals surface area contributed by atoms with Gasteiger partial charge in [0.25, 0.3) is 5.95 Å². The van der Waals surface area contributed by atoms with Crippen LogP contribution in [0.25, 0.3) is 28.4 Å². The number of hydrogen-bond donors (Lipinski definition) is 0. The van der Waals surface area contributed by atoms with Crippen molar-refractivity contribution in [3.05, 3.63) is 78.8 Å². The van der Waals surface area contributed by atoms with Crippen LogP contribution in [-0.4, -0.2) is 77.3 Å². The first kappa shape index (κ1) is 30.9. The minimum Gasteiger partial charge on any atom is -0.463 e. The normalized spacial score (nSPS) is 19.2. The van der Waals surface area contributed by atoms with Crippen molar-refractivity contribution in [3.63, 3.8) is 0 Å². The molecular formula is C31H29N7O7S. The van der Waals surface area contributed by atoms with Gasteiger partial charge in [0.1, 0.15) is 28.9 Å². The summed E-state index contributed by atoms with van der Waals surface area (Å²) in [4.78, 5) is 50.2. The van der Waals surface area contributed by atoms with E-state index in [4.69, 9.17) is 28.9 Å². The summed E-state index contributed by atoms with van der Waals surface area (Å²) in [6.07, 6.45) is -0.982. The fraction of sp³-hybridized carbons (Fsp3) is 0.290. The number of imidazole rings is 1.